The first-order valence-corrected chi connectivity index (χ1v) is 6.36. The summed E-state index contributed by atoms with van der Waals surface area (Å²) in [5.74, 6) is -2.16. The van der Waals surface area contributed by atoms with Crippen LogP contribution in [0.15, 0.2) is 18.2 Å². The molecule has 2 aromatic rings. The topological polar surface area (TPSA) is 70.1 Å². The van der Waals surface area contributed by atoms with Crippen molar-refractivity contribution in [3.05, 3.63) is 46.8 Å². The fourth-order valence-corrected chi connectivity index (χ4v) is 1.95. The number of aryl methyl sites for hydroxylation is 2. The molecule has 1 heterocycles. The van der Waals surface area contributed by atoms with Gasteiger partial charge in [0.05, 0.1) is 11.4 Å². The van der Waals surface area contributed by atoms with Crippen LogP contribution in [0, 0.1) is 11.6 Å². The van der Waals surface area contributed by atoms with Gasteiger partial charge in [-0.1, -0.05) is 6.92 Å². The third-order valence-corrected chi connectivity index (χ3v) is 3.06. The number of esters is 1. The van der Waals surface area contributed by atoms with E-state index >= 15 is 0 Å². The molecule has 0 atom stereocenters. The molecular formula is C14H15F2N3O2. The van der Waals surface area contributed by atoms with Crippen molar-refractivity contribution in [2.75, 3.05) is 5.73 Å². The number of benzene rings is 1. The van der Waals surface area contributed by atoms with E-state index < -0.39 is 17.6 Å². The number of ether oxygens (including phenoxy) is 1. The summed E-state index contributed by atoms with van der Waals surface area (Å²) in [6.07, 6.45) is 0.583. The largest absolute Gasteiger partial charge is 0.456 e. The van der Waals surface area contributed by atoms with E-state index in [4.69, 9.17) is 10.5 Å². The molecular weight excluding hydrogens is 280 g/mol. The van der Waals surface area contributed by atoms with Crippen LogP contribution in [0.25, 0.3) is 0 Å². The van der Waals surface area contributed by atoms with Crippen LogP contribution in [-0.2, 0) is 24.8 Å². The number of nitrogens with two attached hydrogens (primary N) is 1. The van der Waals surface area contributed by atoms with Gasteiger partial charge < -0.3 is 10.5 Å². The minimum Gasteiger partial charge on any atom is -0.456 e. The maximum Gasteiger partial charge on any atom is 0.359 e. The van der Waals surface area contributed by atoms with Gasteiger partial charge in [-0.15, -0.1) is 0 Å². The SMILES string of the molecule is CCc1nn(C)c(C(=O)OCc2ccc(F)cc2F)c1N. The molecule has 1 aromatic carbocycles. The maximum absolute atomic E-state index is 13.4. The smallest absolute Gasteiger partial charge is 0.359 e. The van der Waals surface area contributed by atoms with E-state index in [1.54, 1.807) is 7.05 Å². The monoisotopic (exact) mass is 295 g/mol. The molecule has 0 saturated heterocycles. The van der Waals surface area contributed by atoms with Gasteiger partial charge in [0.15, 0.2) is 5.69 Å². The Bertz CT molecular complexity index is 683. The van der Waals surface area contributed by atoms with Crippen molar-refractivity contribution in [2.24, 2.45) is 7.05 Å². The zero-order valence-corrected chi connectivity index (χ0v) is 11.7. The molecule has 0 spiro atoms. The molecule has 2 rings (SSSR count). The predicted octanol–water partition coefficient (Wildman–Crippen LogP) is 2.20. The average molecular weight is 295 g/mol. The second-order valence-electron chi connectivity index (χ2n) is 4.50. The van der Waals surface area contributed by atoms with Crippen LogP contribution in [0.2, 0.25) is 0 Å². The van der Waals surface area contributed by atoms with E-state index in [2.05, 4.69) is 5.10 Å². The Kier molecular flexibility index (Phi) is 4.21. The number of rotatable bonds is 4. The third-order valence-electron chi connectivity index (χ3n) is 3.06. The lowest BCUT2D eigenvalue weighted by Crippen LogP contribution is -2.13. The van der Waals surface area contributed by atoms with Gasteiger partial charge in [0.25, 0.3) is 0 Å². The molecule has 0 aliphatic rings. The molecule has 7 heteroatoms. The van der Waals surface area contributed by atoms with Crippen LogP contribution in [-0.4, -0.2) is 15.7 Å². The highest BCUT2D eigenvalue weighted by Gasteiger charge is 2.20. The lowest BCUT2D eigenvalue weighted by atomic mass is 10.2. The van der Waals surface area contributed by atoms with E-state index in [-0.39, 0.29) is 23.6 Å². The van der Waals surface area contributed by atoms with Crippen molar-refractivity contribution in [3.63, 3.8) is 0 Å². The van der Waals surface area contributed by atoms with Crippen molar-refractivity contribution in [3.8, 4) is 0 Å². The number of nitrogen functional groups attached to an aromatic ring is 1. The Morgan fingerprint density at radius 1 is 1.43 bits per heavy atom. The standard InChI is InChI=1S/C14H15F2N3O2/c1-3-11-12(17)13(19(2)18-11)14(20)21-7-8-4-5-9(15)6-10(8)16/h4-6H,3,7,17H2,1-2H3. The van der Waals surface area contributed by atoms with E-state index in [9.17, 15) is 13.6 Å². The van der Waals surface area contributed by atoms with E-state index in [0.29, 0.717) is 12.1 Å². The van der Waals surface area contributed by atoms with Crippen LogP contribution in [0.1, 0.15) is 28.7 Å². The molecule has 0 unspecified atom stereocenters. The number of carbonyl (C=O) groups excluding carboxylic acids is 1. The molecule has 0 amide bonds. The second-order valence-corrected chi connectivity index (χ2v) is 4.50. The van der Waals surface area contributed by atoms with Crippen molar-refractivity contribution in [1.29, 1.82) is 0 Å². The molecule has 0 saturated carbocycles. The maximum atomic E-state index is 13.4. The van der Waals surface area contributed by atoms with Crippen LogP contribution in [0.3, 0.4) is 0 Å². The first kappa shape index (κ1) is 15.0. The Morgan fingerprint density at radius 2 is 2.14 bits per heavy atom. The summed E-state index contributed by atoms with van der Waals surface area (Å²) >= 11 is 0. The molecule has 5 nitrogen and oxygen atoms in total. The Balaban J connectivity index is 2.14. The minimum absolute atomic E-state index is 0.0844. The summed E-state index contributed by atoms with van der Waals surface area (Å²) in [5, 5.41) is 4.10. The molecule has 1 aromatic heterocycles. The molecule has 2 N–H and O–H groups in total. The number of halogens is 2. The zero-order valence-electron chi connectivity index (χ0n) is 11.7. The Morgan fingerprint density at radius 3 is 2.71 bits per heavy atom. The van der Waals surface area contributed by atoms with Gasteiger partial charge in [-0.25, -0.2) is 13.6 Å². The lowest BCUT2D eigenvalue weighted by molar-refractivity contribution is 0.0457. The number of nitrogens with zero attached hydrogens (tertiary/aromatic N) is 2. The fourth-order valence-electron chi connectivity index (χ4n) is 1.95. The summed E-state index contributed by atoms with van der Waals surface area (Å²) < 4.78 is 32.6. The molecule has 0 bridgehead atoms. The summed E-state index contributed by atoms with van der Waals surface area (Å²) in [6.45, 7) is 1.55. The highest BCUT2D eigenvalue weighted by molar-refractivity contribution is 5.93. The molecule has 21 heavy (non-hydrogen) atoms. The van der Waals surface area contributed by atoms with E-state index in [0.717, 1.165) is 12.1 Å². The number of aromatic nitrogens is 2. The Hall–Kier alpha value is -2.44. The summed E-state index contributed by atoms with van der Waals surface area (Å²) in [7, 11) is 1.57. The van der Waals surface area contributed by atoms with Crippen molar-refractivity contribution in [1.82, 2.24) is 9.78 Å². The van der Waals surface area contributed by atoms with Crippen LogP contribution in [0.5, 0.6) is 0 Å². The molecule has 0 radical (unpaired) electrons. The summed E-state index contributed by atoms with van der Waals surface area (Å²) in [5.41, 5.74) is 6.88. The molecule has 112 valence electrons. The van der Waals surface area contributed by atoms with Gasteiger partial charge in [-0.3, -0.25) is 4.68 Å². The molecule has 0 aliphatic heterocycles. The van der Waals surface area contributed by atoms with E-state index in [1.807, 2.05) is 6.92 Å². The van der Waals surface area contributed by atoms with Gasteiger partial charge in [0, 0.05) is 18.7 Å². The lowest BCUT2D eigenvalue weighted by Gasteiger charge is -2.07. The Labute approximate surface area is 120 Å². The summed E-state index contributed by atoms with van der Waals surface area (Å²) in [6, 6.07) is 3.05. The fraction of sp³-hybridized carbons (Fsp3) is 0.286. The molecule has 0 aliphatic carbocycles. The highest BCUT2D eigenvalue weighted by Crippen LogP contribution is 2.19. The quantitative estimate of drug-likeness (QED) is 0.878. The van der Waals surface area contributed by atoms with Crippen LogP contribution < -0.4 is 5.73 Å². The summed E-state index contributed by atoms with van der Waals surface area (Å²) in [4.78, 5) is 12.0. The number of hydrogen-bond donors (Lipinski definition) is 1. The van der Waals surface area contributed by atoms with Gasteiger partial charge in [-0.05, 0) is 18.6 Å². The van der Waals surface area contributed by atoms with E-state index in [1.165, 1.54) is 10.7 Å². The average Bonchev–Trinajstić information content (AvgIpc) is 2.72. The van der Waals surface area contributed by atoms with Crippen LogP contribution in [0.4, 0.5) is 14.5 Å². The third kappa shape index (κ3) is 3.01. The molecule has 0 fully saturated rings. The highest BCUT2D eigenvalue weighted by atomic mass is 19.1. The van der Waals surface area contributed by atoms with Crippen LogP contribution >= 0.6 is 0 Å². The predicted molar refractivity (Wildman–Crippen MR) is 72.5 cm³/mol. The number of hydrogen-bond acceptors (Lipinski definition) is 4. The number of carbonyl (C=O) groups is 1. The van der Waals surface area contributed by atoms with Crippen molar-refractivity contribution in [2.45, 2.75) is 20.0 Å². The number of anilines is 1. The zero-order chi connectivity index (χ0) is 15.6. The first-order chi connectivity index (χ1) is 9.93. The van der Waals surface area contributed by atoms with Crippen molar-refractivity contribution < 1.29 is 18.3 Å². The van der Waals surface area contributed by atoms with Gasteiger partial charge in [-0.2, -0.15) is 5.10 Å². The van der Waals surface area contributed by atoms with Gasteiger partial charge in [0.2, 0.25) is 0 Å². The van der Waals surface area contributed by atoms with Crippen molar-refractivity contribution >= 4 is 11.7 Å². The first-order valence-electron chi connectivity index (χ1n) is 6.36. The minimum atomic E-state index is -0.768. The normalized spacial score (nSPS) is 10.7. The van der Waals surface area contributed by atoms with Gasteiger partial charge in [0.1, 0.15) is 18.2 Å². The van der Waals surface area contributed by atoms with Gasteiger partial charge >= 0.3 is 5.97 Å². The second kappa shape index (κ2) is 5.90.